The predicted molar refractivity (Wildman–Crippen MR) is 105 cm³/mol. The number of anilines is 1. The summed E-state index contributed by atoms with van der Waals surface area (Å²) in [5.41, 5.74) is 0.446. The minimum atomic E-state index is -1.37. The number of phenols is 1. The molecule has 0 spiro atoms. The van der Waals surface area contributed by atoms with E-state index in [1.807, 2.05) is 33.8 Å². The van der Waals surface area contributed by atoms with Crippen LogP contribution in [0.2, 0.25) is 0 Å². The van der Waals surface area contributed by atoms with E-state index < -0.39 is 17.8 Å². The fraction of sp³-hybridized carbons (Fsp3) is 0.450. The van der Waals surface area contributed by atoms with Crippen molar-refractivity contribution in [3.63, 3.8) is 0 Å². The first kappa shape index (κ1) is 21.3. The molecule has 0 saturated carbocycles. The number of ketones is 1. The van der Waals surface area contributed by atoms with Gasteiger partial charge in [0.05, 0.1) is 28.6 Å². The van der Waals surface area contributed by atoms with Gasteiger partial charge < -0.3 is 25.7 Å². The van der Waals surface area contributed by atoms with Crippen molar-refractivity contribution >= 4 is 17.4 Å². The van der Waals surface area contributed by atoms with E-state index in [2.05, 4.69) is 10.6 Å². The number of carbonyl (C=O) groups excluding carboxylic acids is 2. The van der Waals surface area contributed by atoms with E-state index >= 15 is 0 Å². The number of Topliss-reactive ketones (excluding diaryl/α,β-unsaturated/α-hetero) is 1. The summed E-state index contributed by atoms with van der Waals surface area (Å²) in [5, 5.41) is 35.8. The standard InChI is InChI=1S/C20H26N4O4/c1-10(20(2,3)4)22-14-15(18(27)17(14)26)23-13-8-11(9-21)7-12(16(13)25)19(28)24(5)6/h7-8,10,18,22-23,25,27H,1-6H3/t10-,18?/m0/s1. The summed E-state index contributed by atoms with van der Waals surface area (Å²) in [6.45, 7) is 7.96. The maximum Gasteiger partial charge on any atom is 0.257 e. The number of benzene rings is 1. The largest absolute Gasteiger partial charge is 0.505 e. The molecule has 2 rings (SSSR count). The molecule has 0 aliphatic heterocycles. The van der Waals surface area contributed by atoms with Gasteiger partial charge in [-0.1, -0.05) is 20.8 Å². The summed E-state index contributed by atoms with van der Waals surface area (Å²) in [6, 6.07) is 4.52. The van der Waals surface area contributed by atoms with E-state index in [1.165, 1.54) is 31.1 Å². The monoisotopic (exact) mass is 386 g/mol. The molecule has 28 heavy (non-hydrogen) atoms. The van der Waals surface area contributed by atoms with Gasteiger partial charge in [0.15, 0.2) is 11.9 Å². The lowest BCUT2D eigenvalue weighted by Gasteiger charge is -2.36. The minimum absolute atomic E-state index is 0.0511. The number of nitrogens with one attached hydrogen (secondary N) is 2. The number of aromatic hydroxyl groups is 1. The number of phenolic OH excluding ortho intramolecular Hbond substituents is 1. The molecule has 0 heterocycles. The second-order valence-corrected chi connectivity index (χ2v) is 8.14. The lowest BCUT2D eigenvalue weighted by Crippen LogP contribution is -2.50. The van der Waals surface area contributed by atoms with Crippen molar-refractivity contribution in [1.29, 1.82) is 5.26 Å². The SMILES string of the molecule is C[C@H](NC1=C(Nc2cc(C#N)cc(C(=O)N(C)C)c2O)C(O)C1=O)C(C)(C)C. The fourth-order valence-corrected chi connectivity index (χ4v) is 2.52. The van der Waals surface area contributed by atoms with Crippen molar-refractivity contribution in [2.45, 2.75) is 39.8 Å². The lowest BCUT2D eigenvalue weighted by molar-refractivity contribution is -0.125. The number of aliphatic hydroxyl groups is 1. The van der Waals surface area contributed by atoms with Crippen molar-refractivity contribution in [3.8, 4) is 11.8 Å². The maximum atomic E-state index is 12.3. The van der Waals surface area contributed by atoms with E-state index in [0.29, 0.717) is 0 Å². The van der Waals surface area contributed by atoms with Gasteiger partial charge in [0.25, 0.3) is 5.91 Å². The van der Waals surface area contributed by atoms with Crippen molar-refractivity contribution in [2.75, 3.05) is 19.4 Å². The second kappa shape index (κ2) is 7.52. The van der Waals surface area contributed by atoms with Crippen LogP contribution in [0.1, 0.15) is 43.6 Å². The molecular weight excluding hydrogens is 360 g/mol. The number of rotatable bonds is 5. The van der Waals surface area contributed by atoms with Crippen molar-refractivity contribution in [2.24, 2.45) is 5.41 Å². The average Bonchev–Trinajstić information content (AvgIpc) is 2.63. The first-order valence-electron chi connectivity index (χ1n) is 8.87. The summed E-state index contributed by atoms with van der Waals surface area (Å²) < 4.78 is 0. The number of nitrogens with zero attached hydrogens (tertiary/aromatic N) is 2. The Morgan fingerprint density at radius 3 is 2.43 bits per heavy atom. The van der Waals surface area contributed by atoms with Crippen LogP contribution in [0.25, 0.3) is 0 Å². The molecule has 2 atom stereocenters. The summed E-state index contributed by atoms with van der Waals surface area (Å²) in [7, 11) is 3.06. The highest BCUT2D eigenvalue weighted by Gasteiger charge is 2.40. The van der Waals surface area contributed by atoms with Crippen molar-refractivity contribution in [1.82, 2.24) is 10.2 Å². The van der Waals surface area contributed by atoms with Crippen LogP contribution in [0.5, 0.6) is 5.75 Å². The Bertz CT molecular complexity index is 891. The molecule has 1 aromatic rings. The lowest BCUT2D eigenvalue weighted by atomic mass is 9.86. The van der Waals surface area contributed by atoms with Gasteiger partial charge in [-0.3, -0.25) is 9.59 Å². The van der Waals surface area contributed by atoms with E-state index in [4.69, 9.17) is 0 Å². The van der Waals surface area contributed by atoms with Crippen LogP contribution in [-0.2, 0) is 4.79 Å². The number of hydrogen-bond donors (Lipinski definition) is 4. The molecule has 0 radical (unpaired) electrons. The molecule has 4 N–H and O–H groups in total. The van der Waals surface area contributed by atoms with E-state index in [-0.39, 0.29) is 45.4 Å². The number of nitriles is 1. The first-order chi connectivity index (χ1) is 12.9. The normalized spacial score (nSPS) is 17.5. The average molecular weight is 386 g/mol. The van der Waals surface area contributed by atoms with Crippen molar-refractivity contribution in [3.05, 3.63) is 34.7 Å². The Morgan fingerprint density at radius 1 is 1.32 bits per heavy atom. The van der Waals surface area contributed by atoms with Gasteiger partial charge in [-0.15, -0.1) is 0 Å². The highest BCUT2D eigenvalue weighted by molar-refractivity contribution is 6.09. The smallest absolute Gasteiger partial charge is 0.257 e. The minimum Gasteiger partial charge on any atom is -0.505 e. The number of amides is 1. The summed E-state index contributed by atoms with van der Waals surface area (Å²) in [5.74, 6) is -1.30. The van der Waals surface area contributed by atoms with Crippen LogP contribution < -0.4 is 10.6 Å². The van der Waals surface area contributed by atoms with Crippen LogP contribution in [0.3, 0.4) is 0 Å². The first-order valence-corrected chi connectivity index (χ1v) is 8.87. The zero-order valence-corrected chi connectivity index (χ0v) is 16.9. The van der Waals surface area contributed by atoms with E-state index in [9.17, 15) is 25.1 Å². The molecule has 1 aliphatic carbocycles. The third-order valence-corrected chi connectivity index (χ3v) is 4.84. The predicted octanol–water partition coefficient (Wildman–Crippen LogP) is 1.56. The van der Waals surface area contributed by atoms with Crippen LogP contribution in [0, 0.1) is 16.7 Å². The van der Waals surface area contributed by atoms with Crippen LogP contribution >= 0.6 is 0 Å². The molecule has 0 saturated heterocycles. The third-order valence-electron chi connectivity index (χ3n) is 4.84. The molecule has 8 heteroatoms. The molecule has 0 aromatic heterocycles. The highest BCUT2D eigenvalue weighted by atomic mass is 16.3. The Kier molecular flexibility index (Phi) is 5.71. The van der Waals surface area contributed by atoms with Gasteiger partial charge in [0, 0.05) is 20.1 Å². The van der Waals surface area contributed by atoms with Gasteiger partial charge in [-0.25, -0.2) is 0 Å². The molecule has 1 amide bonds. The van der Waals surface area contributed by atoms with Gasteiger partial charge in [0.2, 0.25) is 5.78 Å². The number of aliphatic hydroxyl groups excluding tert-OH is 1. The number of carbonyl (C=O) groups is 2. The van der Waals surface area contributed by atoms with Crippen LogP contribution in [0.15, 0.2) is 23.5 Å². The van der Waals surface area contributed by atoms with Gasteiger partial charge >= 0.3 is 0 Å². The summed E-state index contributed by atoms with van der Waals surface area (Å²) >= 11 is 0. The summed E-state index contributed by atoms with van der Waals surface area (Å²) in [4.78, 5) is 25.7. The van der Waals surface area contributed by atoms with Crippen LogP contribution in [0.4, 0.5) is 5.69 Å². The molecule has 1 aromatic carbocycles. The Labute approximate surface area is 164 Å². The maximum absolute atomic E-state index is 12.3. The summed E-state index contributed by atoms with van der Waals surface area (Å²) in [6.07, 6.45) is -1.37. The zero-order valence-electron chi connectivity index (χ0n) is 16.9. The Morgan fingerprint density at radius 2 is 1.93 bits per heavy atom. The molecule has 1 aliphatic rings. The quantitative estimate of drug-likeness (QED) is 0.566. The topological polar surface area (TPSA) is 126 Å². The van der Waals surface area contributed by atoms with E-state index in [1.54, 1.807) is 0 Å². The van der Waals surface area contributed by atoms with Gasteiger partial charge in [-0.2, -0.15) is 5.26 Å². The van der Waals surface area contributed by atoms with E-state index in [0.717, 1.165) is 0 Å². The Hall–Kier alpha value is -3.05. The van der Waals surface area contributed by atoms with Gasteiger partial charge in [0.1, 0.15) is 5.70 Å². The van der Waals surface area contributed by atoms with Crippen molar-refractivity contribution < 1.29 is 19.8 Å². The third kappa shape index (κ3) is 3.94. The molecule has 8 nitrogen and oxygen atoms in total. The second-order valence-electron chi connectivity index (χ2n) is 8.14. The molecule has 150 valence electrons. The zero-order chi connectivity index (χ0) is 21.4. The fourth-order valence-electron chi connectivity index (χ4n) is 2.52. The number of hydrogen-bond acceptors (Lipinski definition) is 7. The Balaban J connectivity index is 2.45. The molecule has 1 unspecified atom stereocenters. The van der Waals surface area contributed by atoms with Crippen LogP contribution in [-0.4, -0.2) is 53.0 Å². The van der Waals surface area contributed by atoms with Gasteiger partial charge in [-0.05, 0) is 24.5 Å². The molecule has 0 fully saturated rings. The molecular formula is C20H26N4O4. The molecule has 0 bridgehead atoms. The highest BCUT2D eigenvalue weighted by Crippen LogP contribution is 2.35.